The van der Waals surface area contributed by atoms with Crippen LogP contribution in [-0.4, -0.2) is 56.2 Å². The maximum Gasteiger partial charge on any atom is 0.193 e. The molecule has 1 aromatic carbocycles. The molecule has 0 amide bonds. The highest BCUT2D eigenvalue weighted by molar-refractivity contribution is 14.0. The van der Waals surface area contributed by atoms with Crippen molar-refractivity contribution in [3.63, 3.8) is 0 Å². The lowest BCUT2D eigenvalue weighted by molar-refractivity contribution is 0.115. The third-order valence-electron chi connectivity index (χ3n) is 4.55. The van der Waals surface area contributed by atoms with Crippen LogP contribution in [0.25, 0.3) is 10.9 Å². The van der Waals surface area contributed by atoms with Crippen molar-refractivity contribution in [1.82, 2.24) is 15.2 Å². The predicted octanol–water partition coefficient (Wildman–Crippen LogP) is 3.26. The second-order valence-corrected chi connectivity index (χ2v) is 6.52. The molecule has 1 aromatic heterocycles. The summed E-state index contributed by atoms with van der Waals surface area (Å²) in [5.41, 5.74) is 2.53. The van der Waals surface area contributed by atoms with Crippen molar-refractivity contribution in [3.8, 4) is 0 Å². The zero-order valence-electron chi connectivity index (χ0n) is 15.1. The predicted molar refractivity (Wildman–Crippen MR) is 115 cm³/mol. The first kappa shape index (κ1) is 20.0. The molecular weight excluding hydrogens is 427 g/mol. The largest absolute Gasteiger partial charge is 0.379 e. The van der Waals surface area contributed by atoms with Crippen molar-refractivity contribution in [1.29, 1.82) is 0 Å². The standard InChI is InChI=1S/C19H28N4O.HI/c1-20-19(23(2)11-12-24-14-15-7-8-15)21-10-9-16-13-22-18-6-4-3-5-17(16)18;/h3-6,13,15,22H,7-12,14H2,1-2H3,(H,20,21);1H. The molecule has 1 aliphatic carbocycles. The van der Waals surface area contributed by atoms with Crippen LogP contribution in [-0.2, 0) is 11.2 Å². The monoisotopic (exact) mass is 456 g/mol. The van der Waals surface area contributed by atoms with E-state index in [0.717, 1.165) is 44.6 Å². The number of H-pyrrole nitrogens is 1. The van der Waals surface area contributed by atoms with Crippen LogP contribution in [0.2, 0.25) is 0 Å². The molecule has 5 nitrogen and oxygen atoms in total. The van der Waals surface area contributed by atoms with Gasteiger partial charge in [-0.1, -0.05) is 18.2 Å². The van der Waals surface area contributed by atoms with Gasteiger partial charge in [-0.05, 0) is 36.8 Å². The molecule has 0 unspecified atom stereocenters. The van der Waals surface area contributed by atoms with Crippen LogP contribution in [0.5, 0.6) is 0 Å². The Morgan fingerprint density at radius 1 is 1.36 bits per heavy atom. The number of aliphatic imine (C=N–C) groups is 1. The first-order chi connectivity index (χ1) is 11.8. The van der Waals surface area contributed by atoms with Crippen molar-refractivity contribution >= 4 is 40.8 Å². The quantitative estimate of drug-likeness (QED) is 0.278. The van der Waals surface area contributed by atoms with Gasteiger partial charge in [0.15, 0.2) is 5.96 Å². The van der Waals surface area contributed by atoms with E-state index in [2.05, 4.69) is 57.7 Å². The summed E-state index contributed by atoms with van der Waals surface area (Å²) >= 11 is 0. The van der Waals surface area contributed by atoms with E-state index in [4.69, 9.17) is 4.74 Å². The molecule has 1 aliphatic rings. The van der Waals surface area contributed by atoms with E-state index in [1.54, 1.807) is 0 Å². The molecule has 138 valence electrons. The fourth-order valence-electron chi connectivity index (χ4n) is 2.87. The number of fused-ring (bicyclic) bond motifs is 1. The molecule has 1 heterocycles. The normalized spacial score (nSPS) is 14.4. The number of likely N-dealkylation sites (N-methyl/N-ethyl adjacent to an activating group) is 1. The molecule has 6 heteroatoms. The van der Waals surface area contributed by atoms with E-state index < -0.39 is 0 Å². The Morgan fingerprint density at radius 3 is 2.92 bits per heavy atom. The number of ether oxygens (including phenoxy) is 1. The second-order valence-electron chi connectivity index (χ2n) is 6.52. The maximum absolute atomic E-state index is 5.71. The smallest absolute Gasteiger partial charge is 0.193 e. The van der Waals surface area contributed by atoms with Gasteiger partial charge in [-0.3, -0.25) is 4.99 Å². The summed E-state index contributed by atoms with van der Waals surface area (Å²) in [4.78, 5) is 9.82. The summed E-state index contributed by atoms with van der Waals surface area (Å²) in [6.45, 7) is 3.40. The number of benzene rings is 1. The highest BCUT2D eigenvalue weighted by Gasteiger charge is 2.21. The molecule has 2 N–H and O–H groups in total. The van der Waals surface area contributed by atoms with Crippen LogP contribution in [0.15, 0.2) is 35.5 Å². The van der Waals surface area contributed by atoms with Crippen LogP contribution < -0.4 is 5.32 Å². The minimum atomic E-state index is 0. The average Bonchev–Trinajstić information content (AvgIpc) is 3.35. The second kappa shape index (κ2) is 10.0. The molecule has 0 saturated heterocycles. The molecule has 3 rings (SSSR count). The topological polar surface area (TPSA) is 52.7 Å². The zero-order valence-corrected chi connectivity index (χ0v) is 17.5. The Balaban J connectivity index is 0.00000225. The van der Waals surface area contributed by atoms with Crippen LogP contribution in [0.3, 0.4) is 0 Å². The average molecular weight is 456 g/mol. The Morgan fingerprint density at radius 2 is 2.16 bits per heavy atom. The van der Waals surface area contributed by atoms with Gasteiger partial charge in [-0.25, -0.2) is 0 Å². The van der Waals surface area contributed by atoms with Gasteiger partial charge < -0.3 is 19.9 Å². The Bertz CT molecular complexity index is 681. The summed E-state index contributed by atoms with van der Waals surface area (Å²) in [6, 6.07) is 8.42. The molecule has 0 bridgehead atoms. The molecule has 0 spiro atoms. The molecule has 25 heavy (non-hydrogen) atoms. The summed E-state index contributed by atoms with van der Waals surface area (Å²) in [7, 11) is 3.89. The van der Waals surface area contributed by atoms with Crippen molar-refractivity contribution in [3.05, 3.63) is 36.0 Å². The number of nitrogens with one attached hydrogen (secondary N) is 2. The number of aromatic nitrogens is 1. The van der Waals surface area contributed by atoms with Gasteiger partial charge in [0.1, 0.15) is 0 Å². The number of para-hydroxylation sites is 1. The van der Waals surface area contributed by atoms with Crippen LogP contribution in [0, 0.1) is 5.92 Å². The summed E-state index contributed by atoms with van der Waals surface area (Å²) in [5, 5.41) is 4.74. The van der Waals surface area contributed by atoms with Gasteiger partial charge in [0.05, 0.1) is 6.61 Å². The van der Waals surface area contributed by atoms with Gasteiger partial charge in [0.2, 0.25) is 0 Å². The Kier molecular flexibility index (Phi) is 8.02. The highest BCUT2D eigenvalue weighted by Crippen LogP contribution is 2.28. The zero-order chi connectivity index (χ0) is 16.8. The first-order valence-corrected chi connectivity index (χ1v) is 8.82. The Labute approximate surface area is 167 Å². The Hall–Kier alpha value is -1.28. The molecule has 0 aliphatic heterocycles. The van der Waals surface area contributed by atoms with Crippen molar-refractivity contribution in [2.45, 2.75) is 19.3 Å². The fourth-order valence-corrected chi connectivity index (χ4v) is 2.87. The van der Waals surface area contributed by atoms with Gasteiger partial charge in [0.25, 0.3) is 0 Å². The molecular formula is C19H29IN4O. The van der Waals surface area contributed by atoms with Crippen molar-refractivity contribution < 1.29 is 4.74 Å². The van der Waals surface area contributed by atoms with Crippen molar-refractivity contribution in [2.75, 3.05) is 40.4 Å². The third kappa shape index (κ3) is 5.88. The maximum atomic E-state index is 5.71. The van der Waals surface area contributed by atoms with E-state index in [-0.39, 0.29) is 24.0 Å². The molecule has 0 radical (unpaired) electrons. The molecule has 0 atom stereocenters. The summed E-state index contributed by atoms with van der Waals surface area (Å²) in [6.07, 6.45) is 5.75. The van der Waals surface area contributed by atoms with Crippen LogP contribution in [0.1, 0.15) is 18.4 Å². The minimum absolute atomic E-state index is 0. The van der Waals surface area contributed by atoms with Gasteiger partial charge in [-0.15, -0.1) is 24.0 Å². The summed E-state index contributed by atoms with van der Waals surface area (Å²) < 4.78 is 5.71. The van der Waals surface area contributed by atoms with Gasteiger partial charge in [0, 0.05) is 50.9 Å². The number of nitrogens with zero attached hydrogens (tertiary/aromatic N) is 2. The van der Waals surface area contributed by atoms with E-state index in [0.29, 0.717) is 0 Å². The summed E-state index contributed by atoms with van der Waals surface area (Å²) in [5.74, 6) is 1.74. The SMILES string of the molecule is CN=C(NCCc1c[nH]c2ccccc12)N(C)CCOCC1CC1.I. The molecule has 1 fully saturated rings. The minimum Gasteiger partial charge on any atom is -0.379 e. The third-order valence-corrected chi connectivity index (χ3v) is 4.55. The van der Waals surface area contributed by atoms with E-state index in [1.807, 2.05) is 7.05 Å². The number of rotatable bonds is 8. The van der Waals surface area contributed by atoms with E-state index in [1.165, 1.54) is 29.3 Å². The van der Waals surface area contributed by atoms with Gasteiger partial charge in [-0.2, -0.15) is 0 Å². The van der Waals surface area contributed by atoms with Gasteiger partial charge >= 0.3 is 0 Å². The lowest BCUT2D eigenvalue weighted by Gasteiger charge is -2.22. The number of aromatic amines is 1. The highest BCUT2D eigenvalue weighted by atomic mass is 127. The lowest BCUT2D eigenvalue weighted by atomic mass is 10.1. The number of guanidine groups is 1. The van der Waals surface area contributed by atoms with Crippen LogP contribution in [0.4, 0.5) is 0 Å². The first-order valence-electron chi connectivity index (χ1n) is 8.82. The lowest BCUT2D eigenvalue weighted by Crippen LogP contribution is -2.41. The molecule has 1 saturated carbocycles. The fraction of sp³-hybridized carbons (Fsp3) is 0.526. The number of halogens is 1. The number of hydrogen-bond acceptors (Lipinski definition) is 2. The van der Waals surface area contributed by atoms with E-state index in [9.17, 15) is 0 Å². The van der Waals surface area contributed by atoms with E-state index >= 15 is 0 Å². The number of hydrogen-bond donors (Lipinski definition) is 2. The van der Waals surface area contributed by atoms with Crippen LogP contribution >= 0.6 is 24.0 Å². The molecule has 2 aromatic rings. The van der Waals surface area contributed by atoms with Crippen molar-refractivity contribution in [2.24, 2.45) is 10.9 Å².